The number of nitrogens with zero attached hydrogens (tertiary/aromatic N) is 1. The van der Waals surface area contributed by atoms with Crippen molar-refractivity contribution in [2.45, 2.75) is 148 Å². The van der Waals surface area contributed by atoms with Gasteiger partial charge in [-0.15, -0.1) is 0 Å². The molecule has 4 saturated carbocycles. The standard InChI is InChI=1S/C32H56N2/c1-4-5-12-24-13-7-18-27(23(24)3)32(20-9-16-25-14-6-11-22(2)29(25)32)31-33-28-19-8-15-26-17-10-21-34(31)30(26)28/h22-31,33H,4-21H2,1-3H3/t22?,23?,24?,25?,26?,27?,28?,29?,30?,31-,32?/m0/s1. The summed E-state index contributed by atoms with van der Waals surface area (Å²) in [5, 5.41) is 4.53. The lowest BCUT2D eigenvalue weighted by Gasteiger charge is -2.63. The van der Waals surface area contributed by atoms with Crippen molar-refractivity contribution in [3.8, 4) is 0 Å². The lowest BCUT2D eigenvalue weighted by molar-refractivity contribution is -0.151. The van der Waals surface area contributed by atoms with Crippen molar-refractivity contribution < 1.29 is 0 Å². The van der Waals surface area contributed by atoms with Crippen LogP contribution in [-0.2, 0) is 0 Å². The van der Waals surface area contributed by atoms with E-state index in [4.69, 9.17) is 0 Å². The number of unbranched alkanes of at least 4 members (excludes halogenated alkanes) is 1. The van der Waals surface area contributed by atoms with E-state index in [9.17, 15) is 0 Å². The molecule has 0 radical (unpaired) electrons. The first-order valence-corrected chi connectivity index (χ1v) is 16.2. The van der Waals surface area contributed by atoms with Crippen LogP contribution in [0.25, 0.3) is 0 Å². The fraction of sp³-hybridized carbons (Fsp3) is 1.00. The first-order valence-electron chi connectivity index (χ1n) is 16.2. The van der Waals surface area contributed by atoms with Crippen LogP contribution in [0.3, 0.4) is 0 Å². The highest BCUT2D eigenvalue weighted by Crippen LogP contribution is 2.64. The summed E-state index contributed by atoms with van der Waals surface area (Å²) in [4.78, 5) is 3.16. The predicted molar refractivity (Wildman–Crippen MR) is 144 cm³/mol. The van der Waals surface area contributed by atoms with Gasteiger partial charge in [0, 0.05) is 24.0 Å². The quantitative estimate of drug-likeness (QED) is 0.439. The van der Waals surface area contributed by atoms with Crippen molar-refractivity contribution in [1.82, 2.24) is 10.2 Å². The van der Waals surface area contributed by atoms with Crippen molar-refractivity contribution in [2.75, 3.05) is 6.54 Å². The van der Waals surface area contributed by atoms with E-state index in [1.165, 1.54) is 103 Å². The van der Waals surface area contributed by atoms with Crippen LogP contribution in [-0.4, -0.2) is 29.7 Å². The number of nitrogens with one attached hydrogen (secondary N) is 1. The van der Waals surface area contributed by atoms with Gasteiger partial charge in [0.15, 0.2) is 0 Å². The van der Waals surface area contributed by atoms with Crippen LogP contribution in [0.1, 0.15) is 130 Å². The summed E-state index contributed by atoms with van der Waals surface area (Å²) in [7, 11) is 0. The molecule has 0 aromatic rings. The zero-order valence-electron chi connectivity index (χ0n) is 22.9. The first kappa shape index (κ1) is 24.3. The Bertz CT molecular complexity index is 686. The zero-order valence-corrected chi connectivity index (χ0v) is 22.9. The van der Waals surface area contributed by atoms with E-state index in [1.54, 1.807) is 12.8 Å². The molecule has 0 bridgehead atoms. The lowest BCUT2D eigenvalue weighted by Crippen LogP contribution is -2.64. The van der Waals surface area contributed by atoms with Gasteiger partial charge in [0.25, 0.3) is 0 Å². The van der Waals surface area contributed by atoms with Gasteiger partial charge in [-0.2, -0.15) is 0 Å². The van der Waals surface area contributed by atoms with Crippen molar-refractivity contribution in [2.24, 2.45) is 46.8 Å². The monoisotopic (exact) mass is 468 g/mol. The van der Waals surface area contributed by atoms with Crippen LogP contribution < -0.4 is 5.32 Å². The fourth-order valence-electron chi connectivity index (χ4n) is 11.7. The maximum atomic E-state index is 4.53. The van der Waals surface area contributed by atoms with E-state index in [1.807, 2.05) is 0 Å². The molecule has 6 aliphatic rings. The third-order valence-electron chi connectivity index (χ3n) is 12.8. The third kappa shape index (κ3) is 3.86. The van der Waals surface area contributed by atoms with E-state index in [-0.39, 0.29) is 0 Å². The van der Waals surface area contributed by atoms with Crippen LogP contribution in [0.5, 0.6) is 0 Å². The second kappa shape index (κ2) is 10.00. The summed E-state index contributed by atoms with van der Waals surface area (Å²) in [5.41, 5.74) is 0.534. The molecular weight excluding hydrogens is 412 g/mol. The minimum atomic E-state index is 0.534. The SMILES string of the molecule is CCCCC1CCCC(C2([C@H]3NC4CCCC5CCCN3C54)CCCC3CCCC(C)C32)C1C. The van der Waals surface area contributed by atoms with Crippen LogP contribution >= 0.6 is 0 Å². The van der Waals surface area contributed by atoms with Crippen LogP contribution in [0.4, 0.5) is 0 Å². The van der Waals surface area contributed by atoms with E-state index >= 15 is 0 Å². The topological polar surface area (TPSA) is 15.3 Å². The Kier molecular flexibility index (Phi) is 7.14. The Morgan fingerprint density at radius 2 is 1.59 bits per heavy atom. The molecule has 2 heterocycles. The second-order valence-corrected chi connectivity index (χ2v) is 14.2. The Morgan fingerprint density at radius 3 is 2.47 bits per heavy atom. The van der Waals surface area contributed by atoms with Crippen molar-refractivity contribution in [3.05, 3.63) is 0 Å². The molecule has 194 valence electrons. The molecule has 2 saturated heterocycles. The average Bonchev–Trinajstić information content (AvgIpc) is 3.24. The van der Waals surface area contributed by atoms with Crippen molar-refractivity contribution in [1.29, 1.82) is 0 Å². The number of piperidine rings is 1. The summed E-state index contributed by atoms with van der Waals surface area (Å²) in [6.45, 7) is 9.23. The largest absolute Gasteiger partial charge is 0.297 e. The number of fused-ring (bicyclic) bond motifs is 1. The van der Waals surface area contributed by atoms with E-state index in [0.29, 0.717) is 11.6 Å². The highest BCUT2D eigenvalue weighted by atomic mass is 15.4. The van der Waals surface area contributed by atoms with Gasteiger partial charge in [-0.25, -0.2) is 0 Å². The molecule has 1 N–H and O–H groups in total. The molecule has 0 aromatic carbocycles. The van der Waals surface area contributed by atoms with Gasteiger partial charge >= 0.3 is 0 Å². The highest BCUT2D eigenvalue weighted by molar-refractivity contribution is 5.14. The summed E-state index contributed by atoms with van der Waals surface area (Å²) < 4.78 is 0. The number of hydrogen-bond acceptors (Lipinski definition) is 2. The van der Waals surface area contributed by atoms with Gasteiger partial charge in [0.1, 0.15) is 0 Å². The molecular formula is C32H56N2. The highest BCUT2D eigenvalue weighted by Gasteiger charge is 2.63. The molecule has 6 rings (SSSR count). The molecule has 2 nitrogen and oxygen atoms in total. The van der Waals surface area contributed by atoms with E-state index in [0.717, 1.165) is 53.5 Å². The lowest BCUT2D eigenvalue weighted by atomic mass is 9.45. The minimum absolute atomic E-state index is 0.534. The van der Waals surface area contributed by atoms with Crippen molar-refractivity contribution in [3.63, 3.8) is 0 Å². The second-order valence-electron chi connectivity index (χ2n) is 14.2. The number of hydrogen-bond donors (Lipinski definition) is 1. The predicted octanol–water partition coefficient (Wildman–Crippen LogP) is 8.01. The Balaban J connectivity index is 1.41. The molecule has 6 fully saturated rings. The maximum Gasteiger partial charge on any atom is 0.0666 e. The average molecular weight is 469 g/mol. The van der Waals surface area contributed by atoms with Gasteiger partial charge in [-0.1, -0.05) is 91.4 Å². The first-order chi connectivity index (χ1) is 16.6. The molecule has 0 aromatic heterocycles. The Hall–Kier alpha value is -0.0800. The Morgan fingerprint density at radius 1 is 0.824 bits per heavy atom. The molecule has 11 atom stereocenters. The smallest absolute Gasteiger partial charge is 0.0666 e. The van der Waals surface area contributed by atoms with Crippen molar-refractivity contribution >= 4 is 0 Å². The van der Waals surface area contributed by atoms with Crippen LogP contribution in [0, 0.1) is 46.8 Å². The molecule has 2 heteroatoms. The summed E-state index contributed by atoms with van der Waals surface area (Å²) in [5.74, 6) is 6.80. The normalized spacial score (nSPS) is 51.6. The summed E-state index contributed by atoms with van der Waals surface area (Å²) in [6, 6.07) is 1.67. The van der Waals surface area contributed by atoms with Gasteiger partial charge < -0.3 is 0 Å². The van der Waals surface area contributed by atoms with Gasteiger partial charge in [0.2, 0.25) is 0 Å². The zero-order chi connectivity index (χ0) is 23.3. The van der Waals surface area contributed by atoms with Gasteiger partial charge in [0.05, 0.1) is 6.17 Å². The molecule has 0 amide bonds. The minimum Gasteiger partial charge on any atom is -0.297 e. The molecule has 2 aliphatic heterocycles. The van der Waals surface area contributed by atoms with E-state index in [2.05, 4.69) is 31.0 Å². The molecule has 4 aliphatic carbocycles. The Labute approximate surface area is 211 Å². The van der Waals surface area contributed by atoms with Crippen LogP contribution in [0.2, 0.25) is 0 Å². The molecule has 34 heavy (non-hydrogen) atoms. The van der Waals surface area contributed by atoms with Crippen LogP contribution in [0.15, 0.2) is 0 Å². The van der Waals surface area contributed by atoms with Gasteiger partial charge in [-0.05, 0) is 80.0 Å². The molecule has 0 spiro atoms. The summed E-state index contributed by atoms with van der Waals surface area (Å²) >= 11 is 0. The van der Waals surface area contributed by atoms with Gasteiger partial charge in [-0.3, -0.25) is 10.2 Å². The maximum absolute atomic E-state index is 4.53. The third-order valence-corrected chi connectivity index (χ3v) is 12.8. The van der Waals surface area contributed by atoms with E-state index < -0.39 is 0 Å². The number of rotatable bonds is 5. The molecule has 10 unspecified atom stereocenters. The fourth-order valence-corrected chi connectivity index (χ4v) is 11.7. The summed E-state index contributed by atoms with van der Waals surface area (Å²) in [6.07, 6.45) is 26.2.